The number of hydrogen-bond donors (Lipinski definition) is 0. The Hall–Kier alpha value is -3.44. The Kier molecular flexibility index (Phi) is 5.14. The molecule has 0 amide bonds. The first kappa shape index (κ1) is 18.9. The van der Waals surface area contributed by atoms with Gasteiger partial charge in [-0.05, 0) is 31.2 Å². The largest absolute Gasteiger partial charge is 0.496 e. The van der Waals surface area contributed by atoms with Gasteiger partial charge in [0.05, 0.1) is 18.2 Å². The van der Waals surface area contributed by atoms with E-state index in [0.717, 1.165) is 5.56 Å². The fourth-order valence-electron chi connectivity index (χ4n) is 3.03. The van der Waals surface area contributed by atoms with Gasteiger partial charge in [-0.1, -0.05) is 64.8 Å². The van der Waals surface area contributed by atoms with Crippen molar-refractivity contribution >= 4 is 17.4 Å². The van der Waals surface area contributed by atoms with E-state index in [-0.39, 0.29) is 11.7 Å². The number of aryl methyl sites for hydroxylation is 1. The molecule has 0 saturated heterocycles. The molecule has 144 valence electrons. The first-order chi connectivity index (χ1) is 14.1. The molecule has 6 heteroatoms. The third-order valence-electron chi connectivity index (χ3n) is 4.54. The SMILES string of the molecule is COc1ccc(Cl)cc1-c1noc(-c2ccccc2C(=O)c2ccc(C)cc2)n1. The molecule has 0 radical (unpaired) electrons. The van der Waals surface area contributed by atoms with Crippen LogP contribution >= 0.6 is 11.6 Å². The van der Waals surface area contributed by atoms with Gasteiger partial charge in [0, 0.05) is 16.1 Å². The van der Waals surface area contributed by atoms with Crippen LogP contribution in [0, 0.1) is 6.92 Å². The summed E-state index contributed by atoms with van der Waals surface area (Å²) in [5, 5.41) is 4.59. The molecule has 0 fully saturated rings. The highest BCUT2D eigenvalue weighted by molar-refractivity contribution is 6.30. The van der Waals surface area contributed by atoms with Crippen molar-refractivity contribution in [3.05, 3.63) is 88.4 Å². The van der Waals surface area contributed by atoms with Gasteiger partial charge in [0.2, 0.25) is 5.82 Å². The smallest absolute Gasteiger partial charge is 0.258 e. The normalized spacial score (nSPS) is 10.7. The van der Waals surface area contributed by atoms with Crippen molar-refractivity contribution in [2.45, 2.75) is 6.92 Å². The fourth-order valence-corrected chi connectivity index (χ4v) is 3.20. The van der Waals surface area contributed by atoms with Crippen LogP contribution < -0.4 is 4.74 Å². The van der Waals surface area contributed by atoms with E-state index in [9.17, 15) is 4.79 Å². The lowest BCUT2D eigenvalue weighted by molar-refractivity contribution is 0.103. The van der Waals surface area contributed by atoms with Crippen molar-refractivity contribution in [3.63, 3.8) is 0 Å². The predicted molar refractivity (Wildman–Crippen MR) is 111 cm³/mol. The summed E-state index contributed by atoms with van der Waals surface area (Å²) in [6, 6.07) is 19.8. The average molecular weight is 405 g/mol. The second-order valence-electron chi connectivity index (χ2n) is 6.51. The molecule has 0 saturated carbocycles. The number of carbonyl (C=O) groups excluding carboxylic acids is 1. The van der Waals surface area contributed by atoms with E-state index >= 15 is 0 Å². The lowest BCUT2D eigenvalue weighted by atomic mass is 9.97. The van der Waals surface area contributed by atoms with Crippen molar-refractivity contribution in [1.29, 1.82) is 0 Å². The van der Waals surface area contributed by atoms with Gasteiger partial charge in [0.15, 0.2) is 5.78 Å². The summed E-state index contributed by atoms with van der Waals surface area (Å²) in [5.74, 6) is 1.04. The van der Waals surface area contributed by atoms with E-state index in [1.54, 1.807) is 37.4 Å². The Labute approximate surface area is 172 Å². The maximum atomic E-state index is 13.0. The first-order valence-corrected chi connectivity index (χ1v) is 9.33. The Balaban J connectivity index is 1.75. The van der Waals surface area contributed by atoms with Gasteiger partial charge in [0.1, 0.15) is 5.75 Å². The summed E-state index contributed by atoms with van der Waals surface area (Å²) >= 11 is 6.11. The summed E-state index contributed by atoms with van der Waals surface area (Å²) < 4.78 is 10.8. The summed E-state index contributed by atoms with van der Waals surface area (Å²) in [7, 11) is 1.56. The Morgan fingerprint density at radius 1 is 1.00 bits per heavy atom. The van der Waals surface area contributed by atoms with E-state index in [0.29, 0.717) is 38.9 Å². The number of carbonyl (C=O) groups is 1. The van der Waals surface area contributed by atoms with Crippen LogP contribution in [0.15, 0.2) is 71.3 Å². The summed E-state index contributed by atoms with van der Waals surface area (Å²) in [6.45, 7) is 1.98. The maximum Gasteiger partial charge on any atom is 0.258 e. The van der Waals surface area contributed by atoms with E-state index in [2.05, 4.69) is 10.1 Å². The third kappa shape index (κ3) is 3.77. The molecule has 3 aromatic carbocycles. The summed E-state index contributed by atoms with van der Waals surface area (Å²) in [4.78, 5) is 17.5. The van der Waals surface area contributed by atoms with Crippen LogP contribution in [-0.4, -0.2) is 23.0 Å². The lowest BCUT2D eigenvalue weighted by Gasteiger charge is -2.06. The zero-order chi connectivity index (χ0) is 20.4. The number of nitrogens with zero attached hydrogens (tertiary/aromatic N) is 2. The van der Waals surface area contributed by atoms with Crippen molar-refractivity contribution in [3.8, 4) is 28.6 Å². The van der Waals surface area contributed by atoms with E-state index in [4.69, 9.17) is 20.9 Å². The van der Waals surface area contributed by atoms with Gasteiger partial charge >= 0.3 is 0 Å². The summed E-state index contributed by atoms with van der Waals surface area (Å²) in [5.41, 5.74) is 3.35. The molecular weight excluding hydrogens is 388 g/mol. The molecule has 0 aliphatic heterocycles. The number of hydrogen-bond acceptors (Lipinski definition) is 5. The first-order valence-electron chi connectivity index (χ1n) is 8.95. The number of ketones is 1. The molecule has 0 aliphatic carbocycles. The molecule has 0 aliphatic rings. The number of aromatic nitrogens is 2. The van der Waals surface area contributed by atoms with Gasteiger partial charge in [-0.3, -0.25) is 4.79 Å². The highest BCUT2D eigenvalue weighted by atomic mass is 35.5. The van der Waals surface area contributed by atoms with Crippen LogP contribution in [0.3, 0.4) is 0 Å². The van der Waals surface area contributed by atoms with Gasteiger partial charge in [-0.15, -0.1) is 0 Å². The molecule has 4 rings (SSSR count). The quantitative estimate of drug-likeness (QED) is 0.405. The van der Waals surface area contributed by atoms with Crippen LogP contribution in [0.1, 0.15) is 21.5 Å². The van der Waals surface area contributed by atoms with Crippen molar-refractivity contribution in [2.75, 3.05) is 7.11 Å². The molecule has 0 unspecified atom stereocenters. The number of rotatable bonds is 5. The minimum absolute atomic E-state index is 0.110. The molecule has 0 bridgehead atoms. The molecule has 29 heavy (non-hydrogen) atoms. The average Bonchev–Trinajstić information content (AvgIpc) is 3.24. The number of ether oxygens (including phenoxy) is 1. The van der Waals surface area contributed by atoms with Crippen LogP contribution in [0.25, 0.3) is 22.8 Å². The third-order valence-corrected chi connectivity index (χ3v) is 4.78. The standard InChI is InChI=1S/C23H17ClN2O3/c1-14-7-9-15(10-8-14)21(27)17-5-3-4-6-18(17)23-25-22(26-29-23)19-13-16(24)11-12-20(19)28-2/h3-13H,1-2H3. The number of methoxy groups -OCH3 is 1. The second-order valence-corrected chi connectivity index (χ2v) is 6.94. The fraction of sp³-hybridized carbons (Fsp3) is 0.0870. The van der Waals surface area contributed by atoms with E-state index in [1.807, 2.05) is 43.3 Å². The van der Waals surface area contributed by atoms with E-state index in [1.165, 1.54) is 0 Å². The van der Waals surface area contributed by atoms with Crippen molar-refractivity contribution in [1.82, 2.24) is 10.1 Å². The highest BCUT2D eigenvalue weighted by Gasteiger charge is 2.20. The molecule has 0 atom stereocenters. The minimum Gasteiger partial charge on any atom is -0.496 e. The zero-order valence-electron chi connectivity index (χ0n) is 15.8. The molecule has 1 aromatic heterocycles. The number of halogens is 1. The summed E-state index contributed by atoms with van der Waals surface area (Å²) in [6.07, 6.45) is 0. The predicted octanol–water partition coefficient (Wildman–Crippen LogP) is 5.61. The zero-order valence-corrected chi connectivity index (χ0v) is 16.6. The Bertz CT molecular complexity index is 1180. The Morgan fingerprint density at radius 2 is 1.76 bits per heavy atom. The van der Waals surface area contributed by atoms with Crippen LogP contribution in [0.5, 0.6) is 5.75 Å². The highest BCUT2D eigenvalue weighted by Crippen LogP contribution is 2.33. The Morgan fingerprint density at radius 3 is 2.52 bits per heavy atom. The van der Waals surface area contributed by atoms with Crippen LogP contribution in [0.2, 0.25) is 5.02 Å². The lowest BCUT2D eigenvalue weighted by Crippen LogP contribution is -2.03. The van der Waals surface area contributed by atoms with Crippen molar-refractivity contribution in [2.24, 2.45) is 0 Å². The molecule has 1 heterocycles. The monoisotopic (exact) mass is 404 g/mol. The maximum absolute atomic E-state index is 13.0. The molecule has 5 nitrogen and oxygen atoms in total. The topological polar surface area (TPSA) is 65.2 Å². The van der Waals surface area contributed by atoms with Gasteiger partial charge in [-0.2, -0.15) is 4.98 Å². The second kappa shape index (κ2) is 7.89. The minimum atomic E-state index is -0.110. The molecule has 4 aromatic rings. The van der Waals surface area contributed by atoms with Crippen molar-refractivity contribution < 1.29 is 14.1 Å². The van der Waals surface area contributed by atoms with Gasteiger partial charge < -0.3 is 9.26 Å². The number of benzene rings is 3. The van der Waals surface area contributed by atoms with Gasteiger partial charge in [-0.25, -0.2) is 0 Å². The van der Waals surface area contributed by atoms with Crippen LogP contribution in [0.4, 0.5) is 0 Å². The van der Waals surface area contributed by atoms with Gasteiger partial charge in [0.25, 0.3) is 5.89 Å². The molecule has 0 N–H and O–H groups in total. The van der Waals surface area contributed by atoms with E-state index < -0.39 is 0 Å². The molecule has 0 spiro atoms. The van der Waals surface area contributed by atoms with Crippen LogP contribution in [-0.2, 0) is 0 Å². The molecular formula is C23H17ClN2O3.